The summed E-state index contributed by atoms with van der Waals surface area (Å²) in [5, 5.41) is 0. The summed E-state index contributed by atoms with van der Waals surface area (Å²) in [4.78, 5) is 29.0. The van der Waals surface area contributed by atoms with E-state index >= 15 is 0 Å². The van der Waals surface area contributed by atoms with Gasteiger partial charge in [0.2, 0.25) is 5.88 Å². The number of amides is 1. The van der Waals surface area contributed by atoms with Crippen LogP contribution in [0.1, 0.15) is 19.5 Å². The van der Waals surface area contributed by atoms with Crippen LogP contribution in [0.3, 0.4) is 0 Å². The topological polar surface area (TPSA) is 80.7 Å². The van der Waals surface area contributed by atoms with Gasteiger partial charge in [0.05, 0.1) is 12.8 Å². The first-order valence-corrected chi connectivity index (χ1v) is 9.54. The average molecular weight is 385 g/mol. The Morgan fingerprint density at radius 3 is 2.57 bits per heavy atom. The first-order chi connectivity index (χ1) is 13.5. The highest BCUT2D eigenvalue weighted by molar-refractivity contribution is 5.78. The van der Waals surface area contributed by atoms with E-state index in [1.165, 1.54) is 6.33 Å². The SMILES string of the molecule is Cc1ccc(OCC(=O)N2CCN(c3cc(OCC(C)C)ncn3)CC2)cn1. The summed E-state index contributed by atoms with van der Waals surface area (Å²) in [5.41, 5.74) is 0.914. The molecular weight excluding hydrogens is 358 g/mol. The molecule has 2 aromatic heterocycles. The number of aryl methyl sites for hydroxylation is 1. The molecular formula is C20H27N5O3. The summed E-state index contributed by atoms with van der Waals surface area (Å²) in [6.07, 6.45) is 3.15. The first kappa shape index (κ1) is 19.9. The van der Waals surface area contributed by atoms with E-state index in [1.807, 2.05) is 30.0 Å². The molecule has 1 saturated heterocycles. The van der Waals surface area contributed by atoms with Crippen molar-refractivity contribution < 1.29 is 14.3 Å². The van der Waals surface area contributed by atoms with Crippen molar-refractivity contribution in [2.75, 3.05) is 44.3 Å². The summed E-state index contributed by atoms with van der Waals surface area (Å²) in [6, 6.07) is 5.54. The smallest absolute Gasteiger partial charge is 0.260 e. The second-order valence-corrected chi connectivity index (χ2v) is 7.21. The Bertz CT molecular complexity index is 774. The normalized spacial score (nSPS) is 14.3. The Morgan fingerprint density at radius 1 is 1.11 bits per heavy atom. The molecule has 0 aromatic carbocycles. The molecule has 0 spiro atoms. The van der Waals surface area contributed by atoms with Gasteiger partial charge in [-0.25, -0.2) is 9.97 Å². The average Bonchev–Trinajstić information content (AvgIpc) is 2.72. The number of aromatic nitrogens is 3. The quantitative estimate of drug-likeness (QED) is 0.720. The van der Waals surface area contributed by atoms with E-state index in [9.17, 15) is 4.79 Å². The number of carbonyl (C=O) groups is 1. The minimum atomic E-state index is -0.0242. The van der Waals surface area contributed by atoms with Crippen molar-refractivity contribution in [1.29, 1.82) is 0 Å². The van der Waals surface area contributed by atoms with Crippen LogP contribution in [0, 0.1) is 12.8 Å². The molecule has 0 bridgehead atoms. The van der Waals surface area contributed by atoms with Gasteiger partial charge >= 0.3 is 0 Å². The van der Waals surface area contributed by atoms with Crippen LogP contribution in [-0.2, 0) is 4.79 Å². The molecule has 3 rings (SSSR count). The molecule has 3 heterocycles. The Kier molecular flexibility index (Phi) is 6.62. The van der Waals surface area contributed by atoms with Crippen molar-refractivity contribution in [3.05, 3.63) is 36.4 Å². The fraction of sp³-hybridized carbons (Fsp3) is 0.500. The van der Waals surface area contributed by atoms with Crippen molar-refractivity contribution in [1.82, 2.24) is 19.9 Å². The predicted molar refractivity (Wildman–Crippen MR) is 106 cm³/mol. The molecule has 1 aliphatic heterocycles. The molecule has 0 N–H and O–H groups in total. The monoisotopic (exact) mass is 385 g/mol. The molecule has 0 unspecified atom stereocenters. The van der Waals surface area contributed by atoms with Crippen LogP contribution in [0.25, 0.3) is 0 Å². The molecule has 8 heteroatoms. The van der Waals surface area contributed by atoms with E-state index in [-0.39, 0.29) is 12.5 Å². The maximum atomic E-state index is 12.4. The first-order valence-electron chi connectivity index (χ1n) is 9.54. The van der Waals surface area contributed by atoms with Gasteiger partial charge in [-0.15, -0.1) is 0 Å². The molecule has 28 heavy (non-hydrogen) atoms. The Balaban J connectivity index is 1.48. The van der Waals surface area contributed by atoms with Crippen LogP contribution in [0.5, 0.6) is 11.6 Å². The summed E-state index contributed by atoms with van der Waals surface area (Å²) in [7, 11) is 0. The lowest BCUT2D eigenvalue weighted by atomic mass is 10.2. The number of rotatable bonds is 7. The van der Waals surface area contributed by atoms with Gasteiger partial charge < -0.3 is 19.3 Å². The number of hydrogen-bond donors (Lipinski definition) is 0. The number of pyridine rings is 1. The molecule has 1 amide bonds. The largest absolute Gasteiger partial charge is 0.482 e. The zero-order chi connectivity index (χ0) is 19.9. The van der Waals surface area contributed by atoms with Crippen LogP contribution in [0.2, 0.25) is 0 Å². The molecule has 2 aromatic rings. The van der Waals surface area contributed by atoms with Crippen molar-refractivity contribution in [3.8, 4) is 11.6 Å². The van der Waals surface area contributed by atoms with Gasteiger partial charge in [-0.2, -0.15) is 0 Å². The summed E-state index contributed by atoms with van der Waals surface area (Å²) in [5.74, 6) is 2.42. The molecule has 1 aliphatic rings. The second kappa shape index (κ2) is 9.34. The molecule has 0 radical (unpaired) electrons. The maximum absolute atomic E-state index is 12.4. The highest BCUT2D eigenvalue weighted by Crippen LogP contribution is 2.18. The Labute approximate surface area is 165 Å². The number of nitrogens with zero attached hydrogens (tertiary/aromatic N) is 5. The fourth-order valence-electron chi connectivity index (χ4n) is 2.79. The predicted octanol–water partition coefficient (Wildman–Crippen LogP) is 1.94. The van der Waals surface area contributed by atoms with E-state index in [0.717, 1.165) is 11.5 Å². The molecule has 8 nitrogen and oxygen atoms in total. The van der Waals surface area contributed by atoms with Crippen molar-refractivity contribution in [2.24, 2.45) is 5.92 Å². The minimum absolute atomic E-state index is 0.0193. The van der Waals surface area contributed by atoms with Crippen molar-refractivity contribution in [3.63, 3.8) is 0 Å². The molecule has 0 aliphatic carbocycles. The Hall–Kier alpha value is -2.90. The molecule has 1 fully saturated rings. The van der Waals surface area contributed by atoms with Gasteiger partial charge in [0, 0.05) is 37.9 Å². The number of ether oxygens (including phenoxy) is 2. The van der Waals surface area contributed by atoms with Crippen LogP contribution >= 0.6 is 0 Å². The van der Waals surface area contributed by atoms with E-state index in [2.05, 4.69) is 33.7 Å². The third kappa shape index (κ3) is 5.55. The molecule has 150 valence electrons. The lowest BCUT2D eigenvalue weighted by Crippen LogP contribution is -2.50. The van der Waals surface area contributed by atoms with Gasteiger partial charge in [0.15, 0.2) is 6.61 Å². The zero-order valence-corrected chi connectivity index (χ0v) is 16.7. The highest BCUT2D eigenvalue weighted by Gasteiger charge is 2.22. The van der Waals surface area contributed by atoms with E-state index < -0.39 is 0 Å². The van der Waals surface area contributed by atoms with Crippen LogP contribution in [0.4, 0.5) is 5.82 Å². The van der Waals surface area contributed by atoms with Gasteiger partial charge in [0.25, 0.3) is 5.91 Å². The lowest BCUT2D eigenvalue weighted by molar-refractivity contribution is -0.133. The third-order valence-corrected chi connectivity index (χ3v) is 4.40. The van der Waals surface area contributed by atoms with E-state index in [4.69, 9.17) is 9.47 Å². The summed E-state index contributed by atoms with van der Waals surface area (Å²) < 4.78 is 11.2. The standard InChI is InChI=1S/C20H27N5O3/c1-15(2)12-28-19-10-18(22-14-23-19)24-6-8-25(9-7-24)20(26)13-27-17-5-4-16(3)21-11-17/h4-5,10-11,14-15H,6-9,12-13H2,1-3H3. The van der Waals surface area contributed by atoms with Gasteiger partial charge in [-0.3, -0.25) is 9.78 Å². The Morgan fingerprint density at radius 2 is 1.89 bits per heavy atom. The number of hydrogen-bond acceptors (Lipinski definition) is 7. The lowest BCUT2D eigenvalue weighted by Gasteiger charge is -2.35. The zero-order valence-electron chi connectivity index (χ0n) is 16.7. The van der Waals surface area contributed by atoms with Crippen molar-refractivity contribution >= 4 is 11.7 Å². The summed E-state index contributed by atoms with van der Waals surface area (Å²) in [6.45, 7) is 9.40. The number of anilines is 1. The van der Waals surface area contributed by atoms with Crippen LogP contribution < -0.4 is 14.4 Å². The van der Waals surface area contributed by atoms with Gasteiger partial charge in [-0.1, -0.05) is 13.8 Å². The number of carbonyl (C=O) groups excluding carboxylic acids is 1. The molecule has 0 saturated carbocycles. The second-order valence-electron chi connectivity index (χ2n) is 7.21. The van der Waals surface area contributed by atoms with Crippen LogP contribution in [-0.4, -0.2) is 65.2 Å². The van der Waals surface area contributed by atoms with Crippen LogP contribution in [0.15, 0.2) is 30.7 Å². The van der Waals surface area contributed by atoms with Gasteiger partial charge in [0.1, 0.15) is 17.9 Å². The van der Waals surface area contributed by atoms with Crippen molar-refractivity contribution in [2.45, 2.75) is 20.8 Å². The van der Waals surface area contributed by atoms with Gasteiger partial charge in [-0.05, 0) is 25.0 Å². The third-order valence-electron chi connectivity index (χ3n) is 4.40. The maximum Gasteiger partial charge on any atom is 0.260 e. The molecule has 0 atom stereocenters. The fourth-order valence-corrected chi connectivity index (χ4v) is 2.79. The number of piperazine rings is 1. The van der Waals surface area contributed by atoms with E-state index in [1.54, 1.807) is 6.20 Å². The highest BCUT2D eigenvalue weighted by atomic mass is 16.5. The summed E-state index contributed by atoms with van der Waals surface area (Å²) >= 11 is 0. The minimum Gasteiger partial charge on any atom is -0.482 e. The van der Waals surface area contributed by atoms with E-state index in [0.29, 0.717) is 50.3 Å².